The van der Waals surface area contributed by atoms with Crippen LogP contribution >= 0.6 is 11.8 Å². The molecule has 0 radical (unpaired) electrons. The molecule has 1 aromatic heterocycles. The lowest BCUT2D eigenvalue weighted by atomic mass is 9.84. The number of thioether (sulfide) groups is 1. The molecule has 1 aromatic carbocycles. The van der Waals surface area contributed by atoms with Crippen molar-refractivity contribution in [3.05, 3.63) is 64.7 Å². The number of aliphatic hydroxyl groups is 1. The van der Waals surface area contributed by atoms with Gasteiger partial charge in [-0.05, 0) is 42.8 Å². The van der Waals surface area contributed by atoms with E-state index in [4.69, 9.17) is 11.0 Å². The standard InChI is InChI=1S/C21H16F4N4OS/c1-19(17-20(10-30,21(17,24)25)31-18(27)29-19)13-6-11(2-4-14(13)22)7-15(23)16-5-3-12(8-26)9-28-16/h2-7,9,17,30H,10H2,1H3,(H2,27,29)/b15-7-/t17-,19-,20-/m1/s1. The van der Waals surface area contributed by atoms with Crippen molar-refractivity contribution in [1.29, 1.82) is 5.26 Å². The highest BCUT2D eigenvalue weighted by atomic mass is 32.2. The normalized spacial score (nSPS) is 29.0. The lowest BCUT2D eigenvalue weighted by Gasteiger charge is -2.32. The largest absolute Gasteiger partial charge is 0.395 e. The quantitative estimate of drug-likeness (QED) is 0.694. The Kier molecular flexibility index (Phi) is 4.87. The van der Waals surface area contributed by atoms with Gasteiger partial charge in [-0.25, -0.2) is 17.6 Å². The molecule has 2 aromatic rings. The highest BCUT2D eigenvalue weighted by Gasteiger charge is 2.87. The fourth-order valence-corrected chi connectivity index (χ4v) is 5.52. The Hall–Kier alpha value is -2.90. The molecule has 160 valence electrons. The van der Waals surface area contributed by atoms with Crippen LogP contribution in [0, 0.1) is 23.1 Å². The number of hydrogen-bond acceptors (Lipinski definition) is 6. The number of nitriles is 1. The number of halogens is 4. The zero-order valence-electron chi connectivity index (χ0n) is 16.1. The number of amidine groups is 1. The predicted molar refractivity (Wildman–Crippen MR) is 109 cm³/mol. The minimum atomic E-state index is -3.32. The summed E-state index contributed by atoms with van der Waals surface area (Å²) in [7, 11) is 0. The number of alkyl halides is 2. The van der Waals surface area contributed by atoms with Gasteiger partial charge in [-0.15, -0.1) is 0 Å². The Bertz CT molecular complexity index is 1160. The Morgan fingerprint density at radius 2 is 2.10 bits per heavy atom. The molecule has 3 N–H and O–H groups in total. The first-order valence-electron chi connectivity index (χ1n) is 9.16. The summed E-state index contributed by atoms with van der Waals surface area (Å²) in [6.45, 7) is 0.487. The Morgan fingerprint density at radius 3 is 2.71 bits per heavy atom. The fourth-order valence-electron chi connectivity index (χ4n) is 4.16. The van der Waals surface area contributed by atoms with Crippen LogP contribution in [0.3, 0.4) is 0 Å². The number of fused-ring (bicyclic) bond motifs is 1. The van der Waals surface area contributed by atoms with E-state index in [9.17, 15) is 22.7 Å². The molecule has 0 unspecified atom stereocenters. The van der Waals surface area contributed by atoms with Crippen LogP contribution in [0.4, 0.5) is 17.6 Å². The maximum Gasteiger partial charge on any atom is 0.272 e. The maximum atomic E-state index is 14.8. The molecule has 2 aliphatic rings. The minimum Gasteiger partial charge on any atom is -0.395 e. The average molecular weight is 448 g/mol. The molecule has 1 aliphatic heterocycles. The molecular formula is C21H16F4N4OS. The third kappa shape index (κ3) is 3.11. The molecule has 1 saturated carbocycles. The number of benzene rings is 1. The van der Waals surface area contributed by atoms with Crippen LogP contribution < -0.4 is 5.73 Å². The van der Waals surface area contributed by atoms with Gasteiger partial charge in [0.05, 0.1) is 29.3 Å². The van der Waals surface area contributed by atoms with E-state index >= 15 is 0 Å². The molecule has 0 saturated heterocycles. The van der Waals surface area contributed by atoms with Crippen LogP contribution in [0.15, 0.2) is 41.5 Å². The SMILES string of the molecule is C[C@]1(c2cc(/C=C(\F)c3ccc(C#N)cn3)ccc2F)N=C(N)S[C@]2(CO)[C@@H]1C2(F)F. The number of aromatic nitrogens is 1. The summed E-state index contributed by atoms with van der Waals surface area (Å²) in [5, 5.41) is 18.3. The summed E-state index contributed by atoms with van der Waals surface area (Å²) in [4.78, 5) is 7.97. The molecule has 0 amide bonds. The number of aliphatic imine (C=N–C) groups is 1. The van der Waals surface area contributed by atoms with Crippen LogP contribution in [0.2, 0.25) is 0 Å². The lowest BCUT2D eigenvalue weighted by Crippen LogP contribution is -2.37. The fraction of sp³-hybridized carbons (Fsp3) is 0.286. The van der Waals surface area contributed by atoms with Crippen molar-refractivity contribution < 1.29 is 22.7 Å². The molecule has 5 nitrogen and oxygen atoms in total. The van der Waals surface area contributed by atoms with Crippen LogP contribution in [0.1, 0.15) is 29.3 Å². The van der Waals surface area contributed by atoms with E-state index in [2.05, 4.69) is 9.98 Å². The molecular weight excluding hydrogens is 432 g/mol. The first kappa shape index (κ1) is 21.3. The van der Waals surface area contributed by atoms with Gasteiger partial charge in [0.2, 0.25) is 0 Å². The summed E-state index contributed by atoms with van der Waals surface area (Å²) in [5.41, 5.74) is 4.25. The highest BCUT2D eigenvalue weighted by molar-refractivity contribution is 8.15. The Balaban J connectivity index is 1.76. The Morgan fingerprint density at radius 1 is 1.35 bits per heavy atom. The zero-order chi connectivity index (χ0) is 22.6. The summed E-state index contributed by atoms with van der Waals surface area (Å²) < 4.78 is 56.9. The van der Waals surface area contributed by atoms with Gasteiger partial charge in [-0.2, -0.15) is 5.26 Å². The molecule has 1 aliphatic carbocycles. The number of aliphatic hydroxyl groups excluding tert-OH is 1. The van der Waals surface area contributed by atoms with Gasteiger partial charge >= 0.3 is 0 Å². The molecule has 10 heteroatoms. The third-order valence-electron chi connectivity index (χ3n) is 5.70. The molecule has 1 fully saturated rings. The van der Waals surface area contributed by atoms with Crippen molar-refractivity contribution in [3.8, 4) is 6.07 Å². The second-order valence-corrected chi connectivity index (χ2v) is 8.93. The third-order valence-corrected chi connectivity index (χ3v) is 7.00. The molecule has 3 atom stereocenters. The summed E-state index contributed by atoms with van der Waals surface area (Å²) in [5.74, 6) is -6.35. The van der Waals surface area contributed by atoms with E-state index < -0.39 is 40.4 Å². The van der Waals surface area contributed by atoms with Crippen molar-refractivity contribution in [2.45, 2.75) is 23.1 Å². The van der Waals surface area contributed by atoms with Gasteiger partial charge in [0.15, 0.2) is 5.17 Å². The van der Waals surface area contributed by atoms with E-state index in [0.717, 1.165) is 12.1 Å². The number of rotatable bonds is 4. The first-order valence-corrected chi connectivity index (χ1v) is 9.97. The first-order chi connectivity index (χ1) is 14.6. The van der Waals surface area contributed by atoms with Crippen molar-refractivity contribution >= 4 is 28.8 Å². The monoisotopic (exact) mass is 448 g/mol. The van der Waals surface area contributed by atoms with Gasteiger partial charge in [-0.1, -0.05) is 17.8 Å². The van der Waals surface area contributed by atoms with Gasteiger partial charge in [-0.3, -0.25) is 9.98 Å². The lowest BCUT2D eigenvalue weighted by molar-refractivity contribution is 0.0685. The van der Waals surface area contributed by atoms with E-state index in [-0.39, 0.29) is 27.6 Å². The highest BCUT2D eigenvalue weighted by Crippen LogP contribution is 2.74. The van der Waals surface area contributed by atoms with E-state index in [1.165, 1.54) is 37.4 Å². The van der Waals surface area contributed by atoms with Crippen molar-refractivity contribution in [2.75, 3.05) is 6.61 Å². The number of nitrogens with two attached hydrogens (primary N) is 1. The number of hydrogen-bond donors (Lipinski definition) is 2. The number of nitrogens with zero attached hydrogens (tertiary/aromatic N) is 3. The molecule has 4 rings (SSSR count). The zero-order valence-corrected chi connectivity index (χ0v) is 16.9. The van der Waals surface area contributed by atoms with Gasteiger partial charge in [0, 0.05) is 11.8 Å². The van der Waals surface area contributed by atoms with Crippen molar-refractivity contribution in [3.63, 3.8) is 0 Å². The molecule has 31 heavy (non-hydrogen) atoms. The van der Waals surface area contributed by atoms with E-state index in [1.807, 2.05) is 6.07 Å². The van der Waals surface area contributed by atoms with Gasteiger partial charge < -0.3 is 10.8 Å². The number of pyridine rings is 1. The second kappa shape index (κ2) is 7.07. The smallest absolute Gasteiger partial charge is 0.272 e. The van der Waals surface area contributed by atoms with Crippen molar-refractivity contribution in [1.82, 2.24) is 4.98 Å². The van der Waals surface area contributed by atoms with Crippen molar-refractivity contribution in [2.24, 2.45) is 16.6 Å². The van der Waals surface area contributed by atoms with E-state index in [0.29, 0.717) is 11.8 Å². The van der Waals surface area contributed by atoms with Gasteiger partial charge in [0.25, 0.3) is 5.92 Å². The maximum absolute atomic E-state index is 14.8. The van der Waals surface area contributed by atoms with Crippen LogP contribution in [0.5, 0.6) is 0 Å². The minimum absolute atomic E-state index is 0.0413. The summed E-state index contributed by atoms with van der Waals surface area (Å²) in [6.07, 6.45) is 2.29. The predicted octanol–water partition coefficient (Wildman–Crippen LogP) is 3.83. The Labute approximate surface area is 179 Å². The summed E-state index contributed by atoms with van der Waals surface area (Å²) >= 11 is 0.590. The van der Waals surface area contributed by atoms with Crippen LogP contribution in [-0.4, -0.2) is 32.5 Å². The molecule has 0 spiro atoms. The van der Waals surface area contributed by atoms with Crippen LogP contribution in [0.25, 0.3) is 11.9 Å². The average Bonchev–Trinajstić information content (AvgIpc) is 3.25. The second-order valence-electron chi connectivity index (χ2n) is 7.58. The van der Waals surface area contributed by atoms with E-state index in [1.54, 1.807) is 0 Å². The van der Waals surface area contributed by atoms with Gasteiger partial charge in [0.1, 0.15) is 22.5 Å². The summed E-state index contributed by atoms with van der Waals surface area (Å²) in [6, 6.07) is 8.16. The van der Waals surface area contributed by atoms with Crippen LogP contribution in [-0.2, 0) is 5.54 Å². The topological polar surface area (TPSA) is 95.3 Å². The molecule has 2 heterocycles. The molecule has 0 bridgehead atoms.